The van der Waals surface area contributed by atoms with Crippen LogP contribution < -0.4 is 5.56 Å². The Kier molecular flexibility index (Phi) is 4.83. The van der Waals surface area contributed by atoms with Gasteiger partial charge in [0.15, 0.2) is 11.7 Å². The predicted octanol–water partition coefficient (Wildman–Crippen LogP) is 4.76. The molecule has 0 fully saturated rings. The molecule has 0 spiro atoms. The number of Topliss-reactive ketones (excluding diaryl/α,β-unsaturated/α-hetero) is 1. The molecule has 0 radical (unpaired) electrons. The lowest BCUT2D eigenvalue weighted by atomic mass is 9.96. The van der Waals surface area contributed by atoms with Gasteiger partial charge in [0.25, 0.3) is 5.56 Å². The van der Waals surface area contributed by atoms with E-state index in [4.69, 9.17) is 0 Å². The second-order valence-corrected chi connectivity index (χ2v) is 7.99. The van der Waals surface area contributed by atoms with Crippen molar-refractivity contribution in [2.24, 2.45) is 0 Å². The molecule has 1 atom stereocenters. The Morgan fingerprint density at radius 2 is 1.72 bits per heavy atom. The molecule has 0 amide bonds. The molecule has 0 aliphatic rings. The SMILES string of the molecule is Cc1sc2nc([C@H](C#N)C(=O)c3ccc(-c4ccccc4)cc3)[nH]c(=O)c2c1C. The molecular weight excluding hydrogens is 382 g/mol. The summed E-state index contributed by atoms with van der Waals surface area (Å²) in [5, 5.41) is 10.2. The van der Waals surface area contributed by atoms with Gasteiger partial charge in [-0.1, -0.05) is 54.6 Å². The number of aromatic amines is 1. The molecule has 0 saturated heterocycles. The van der Waals surface area contributed by atoms with E-state index in [1.807, 2.05) is 62.4 Å². The molecule has 2 heterocycles. The minimum Gasteiger partial charge on any atom is -0.308 e. The van der Waals surface area contributed by atoms with Gasteiger partial charge in [0.2, 0.25) is 0 Å². The minimum absolute atomic E-state index is 0.0865. The lowest BCUT2D eigenvalue weighted by Gasteiger charge is -2.09. The predicted molar refractivity (Wildman–Crippen MR) is 114 cm³/mol. The summed E-state index contributed by atoms with van der Waals surface area (Å²) in [4.78, 5) is 34.1. The largest absolute Gasteiger partial charge is 0.308 e. The highest BCUT2D eigenvalue weighted by Gasteiger charge is 2.26. The first kappa shape index (κ1) is 18.8. The van der Waals surface area contributed by atoms with Crippen molar-refractivity contribution in [2.45, 2.75) is 19.8 Å². The molecule has 0 aliphatic heterocycles. The first-order valence-corrected chi connectivity index (χ1v) is 9.90. The van der Waals surface area contributed by atoms with Crippen molar-refractivity contribution >= 4 is 27.3 Å². The molecule has 4 aromatic rings. The van der Waals surface area contributed by atoms with Crippen LogP contribution in [0.4, 0.5) is 0 Å². The summed E-state index contributed by atoms with van der Waals surface area (Å²) in [5.41, 5.74) is 2.98. The maximum Gasteiger partial charge on any atom is 0.259 e. The number of carbonyl (C=O) groups is 1. The number of rotatable bonds is 4. The van der Waals surface area contributed by atoms with Gasteiger partial charge < -0.3 is 4.98 Å². The summed E-state index contributed by atoms with van der Waals surface area (Å²) in [5.74, 6) is -1.47. The van der Waals surface area contributed by atoms with Gasteiger partial charge >= 0.3 is 0 Å². The van der Waals surface area contributed by atoms with E-state index in [1.54, 1.807) is 12.1 Å². The second kappa shape index (κ2) is 7.46. The van der Waals surface area contributed by atoms with Gasteiger partial charge in [-0.05, 0) is 30.5 Å². The molecule has 5 nitrogen and oxygen atoms in total. The monoisotopic (exact) mass is 399 g/mol. The number of carbonyl (C=O) groups excluding carboxylic acids is 1. The van der Waals surface area contributed by atoms with E-state index in [0.29, 0.717) is 15.8 Å². The van der Waals surface area contributed by atoms with Crippen LogP contribution in [0.3, 0.4) is 0 Å². The molecule has 29 heavy (non-hydrogen) atoms. The van der Waals surface area contributed by atoms with Crippen LogP contribution in [-0.2, 0) is 0 Å². The standard InChI is InChI=1S/C23H17N3O2S/c1-13-14(2)29-23-19(13)22(28)25-21(26-23)18(12-24)20(27)17-10-8-16(9-11-17)15-6-4-3-5-7-15/h3-11,18H,1-2H3,(H,25,26,28)/t18-/m1/s1. The van der Waals surface area contributed by atoms with Crippen LogP contribution in [0.25, 0.3) is 21.3 Å². The number of ketones is 1. The highest BCUT2D eigenvalue weighted by Crippen LogP contribution is 2.28. The second-order valence-electron chi connectivity index (χ2n) is 6.78. The van der Waals surface area contributed by atoms with E-state index in [-0.39, 0.29) is 17.2 Å². The zero-order valence-electron chi connectivity index (χ0n) is 15.9. The van der Waals surface area contributed by atoms with E-state index in [0.717, 1.165) is 21.6 Å². The van der Waals surface area contributed by atoms with E-state index in [1.165, 1.54) is 11.3 Å². The number of fused-ring (bicyclic) bond motifs is 1. The number of H-pyrrole nitrogens is 1. The Labute approximate surface area is 171 Å². The summed E-state index contributed by atoms with van der Waals surface area (Å²) in [6.07, 6.45) is 0. The van der Waals surface area contributed by atoms with Gasteiger partial charge in [-0.15, -0.1) is 11.3 Å². The molecule has 6 heteroatoms. The average Bonchev–Trinajstić information content (AvgIpc) is 3.03. The Balaban J connectivity index is 1.70. The Bertz CT molecular complexity index is 1310. The normalized spacial score (nSPS) is 11.9. The fourth-order valence-corrected chi connectivity index (χ4v) is 4.31. The number of hydrogen-bond acceptors (Lipinski definition) is 5. The molecule has 0 aliphatic carbocycles. The lowest BCUT2D eigenvalue weighted by Crippen LogP contribution is -2.19. The Morgan fingerprint density at radius 3 is 2.38 bits per heavy atom. The number of nitrogens with one attached hydrogen (secondary N) is 1. The van der Waals surface area contributed by atoms with Crippen LogP contribution in [0.15, 0.2) is 59.4 Å². The van der Waals surface area contributed by atoms with E-state index < -0.39 is 5.92 Å². The number of nitrogens with zero attached hydrogens (tertiary/aromatic N) is 2. The van der Waals surface area contributed by atoms with Crippen LogP contribution in [0.5, 0.6) is 0 Å². The average molecular weight is 399 g/mol. The van der Waals surface area contributed by atoms with Crippen molar-refractivity contribution in [3.8, 4) is 17.2 Å². The number of aryl methyl sites for hydroxylation is 2. The van der Waals surface area contributed by atoms with Crippen molar-refractivity contribution in [1.82, 2.24) is 9.97 Å². The van der Waals surface area contributed by atoms with Crippen LogP contribution >= 0.6 is 11.3 Å². The van der Waals surface area contributed by atoms with Gasteiger partial charge in [0.1, 0.15) is 10.7 Å². The zero-order chi connectivity index (χ0) is 20.5. The van der Waals surface area contributed by atoms with Crippen LogP contribution in [-0.4, -0.2) is 15.8 Å². The molecule has 1 N–H and O–H groups in total. The summed E-state index contributed by atoms with van der Waals surface area (Å²) in [6.45, 7) is 3.79. The highest BCUT2D eigenvalue weighted by molar-refractivity contribution is 7.18. The maximum absolute atomic E-state index is 13.0. The van der Waals surface area contributed by atoms with E-state index in [2.05, 4.69) is 9.97 Å². The smallest absolute Gasteiger partial charge is 0.259 e. The van der Waals surface area contributed by atoms with Crippen molar-refractivity contribution in [3.05, 3.63) is 86.8 Å². The van der Waals surface area contributed by atoms with Crippen molar-refractivity contribution < 1.29 is 4.79 Å². The van der Waals surface area contributed by atoms with Gasteiger partial charge in [0.05, 0.1) is 11.5 Å². The summed E-state index contributed by atoms with van der Waals surface area (Å²) >= 11 is 1.39. The van der Waals surface area contributed by atoms with Crippen molar-refractivity contribution in [1.29, 1.82) is 5.26 Å². The number of aromatic nitrogens is 2. The number of thiophene rings is 1. The Morgan fingerprint density at radius 1 is 1.07 bits per heavy atom. The maximum atomic E-state index is 13.0. The molecule has 142 valence electrons. The summed E-state index contributed by atoms with van der Waals surface area (Å²) < 4.78 is 0. The zero-order valence-corrected chi connectivity index (χ0v) is 16.7. The third-order valence-corrected chi connectivity index (χ3v) is 6.10. The minimum atomic E-state index is -1.17. The molecule has 0 bridgehead atoms. The fraction of sp³-hybridized carbons (Fsp3) is 0.130. The topological polar surface area (TPSA) is 86.6 Å². The molecule has 0 unspecified atom stereocenters. The number of nitriles is 1. The van der Waals surface area contributed by atoms with Crippen molar-refractivity contribution in [2.75, 3.05) is 0 Å². The summed E-state index contributed by atoms with van der Waals surface area (Å²) in [6, 6.07) is 18.9. The molecule has 4 rings (SSSR count). The molecule has 0 saturated carbocycles. The van der Waals surface area contributed by atoms with Crippen molar-refractivity contribution in [3.63, 3.8) is 0 Å². The third-order valence-electron chi connectivity index (χ3n) is 5.00. The van der Waals surface area contributed by atoms with Crippen LogP contribution in [0.1, 0.15) is 32.5 Å². The number of benzene rings is 2. The Hall–Kier alpha value is -3.56. The van der Waals surface area contributed by atoms with Crippen LogP contribution in [0, 0.1) is 25.2 Å². The molecular formula is C23H17N3O2S. The van der Waals surface area contributed by atoms with E-state index >= 15 is 0 Å². The molecule has 2 aromatic carbocycles. The van der Waals surface area contributed by atoms with Gasteiger partial charge in [-0.25, -0.2) is 4.98 Å². The van der Waals surface area contributed by atoms with Gasteiger partial charge in [-0.2, -0.15) is 5.26 Å². The van der Waals surface area contributed by atoms with Crippen LogP contribution in [0.2, 0.25) is 0 Å². The third kappa shape index (κ3) is 3.37. The first-order chi connectivity index (χ1) is 14.0. The fourth-order valence-electron chi connectivity index (χ4n) is 3.28. The first-order valence-electron chi connectivity index (χ1n) is 9.09. The van der Waals surface area contributed by atoms with E-state index in [9.17, 15) is 14.9 Å². The number of hydrogen-bond donors (Lipinski definition) is 1. The lowest BCUT2D eigenvalue weighted by molar-refractivity contribution is 0.0976. The highest BCUT2D eigenvalue weighted by atomic mass is 32.1. The van der Waals surface area contributed by atoms with Gasteiger partial charge in [-0.3, -0.25) is 9.59 Å². The molecule has 2 aromatic heterocycles. The summed E-state index contributed by atoms with van der Waals surface area (Å²) in [7, 11) is 0. The quantitative estimate of drug-likeness (QED) is 0.501. The van der Waals surface area contributed by atoms with Gasteiger partial charge in [0, 0.05) is 10.4 Å².